The lowest BCUT2D eigenvalue weighted by Crippen LogP contribution is -2.45. The first-order chi connectivity index (χ1) is 12.2. The van der Waals surface area contributed by atoms with Crippen LogP contribution < -0.4 is 10.2 Å². The minimum atomic E-state index is 0.254. The predicted molar refractivity (Wildman–Crippen MR) is 100 cm³/mol. The summed E-state index contributed by atoms with van der Waals surface area (Å²) in [6, 6.07) is 8.58. The van der Waals surface area contributed by atoms with Gasteiger partial charge in [-0.2, -0.15) is 5.10 Å². The lowest BCUT2D eigenvalue weighted by atomic mass is 10.1. The fourth-order valence-corrected chi connectivity index (χ4v) is 3.30. The van der Waals surface area contributed by atoms with Crippen molar-refractivity contribution in [2.75, 3.05) is 37.0 Å². The Kier molecular flexibility index (Phi) is 5.94. The number of hydrogen-bond donors (Lipinski definition) is 1. The van der Waals surface area contributed by atoms with Crippen molar-refractivity contribution >= 4 is 11.4 Å². The van der Waals surface area contributed by atoms with E-state index >= 15 is 0 Å². The first-order valence-electron chi connectivity index (χ1n) is 8.89. The molecular formula is C19H28N4O2. The number of aromatic nitrogens is 2. The zero-order chi connectivity index (χ0) is 17.6. The maximum atomic E-state index is 5.86. The Balaban J connectivity index is 1.66. The Labute approximate surface area is 149 Å². The molecule has 6 heteroatoms. The van der Waals surface area contributed by atoms with E-state index in [1.165, 1.54) is 11.3 Å². The zero-order valence-electron chi connectivity index (χ0n) is 15.3. The molecule has 0 radical (unpaired) electrons. The number of nitrogens with zero attached hydrogens (tertiary/aromatic N) is 3. The number of anilines is 2. The highest BCUT2D eigenvalue weighted by molar-refractivity contribution is 5.55. The van der Waals surface area contributed by atoms with Crippen molar-refractivity contribution in [3.63, 3.8) is 0 Å². The molecule has 0 aliphatic carbocycles. The maximum Gasteiger partial charge on any atom is 0.0729 e. The van der Waals surface area contributed by atoms with E-state index in [-0.39, 0.29) is 12.2 Å². The summed E-state index contributed by atoms with van der Waals surface area (Å²) < 4.78 is 12.8. The second-order valence-corrected chi connectivity index (χ2v) is 6.63. The molecule has 136 valence electrons. The van der Waals surface area contributed by atoms with Crippen LogP contribution >= 0.6 is 0 Å². The third-order valence-electron chi connectivity index (χ3n) is 4.39. The van der Waals surface area contributed by atoms with Gasteiger partial charge in [-0.3, -0.25) is 4.68 Å². The lowest BCUT2D eigenvalue weighted by molar-refractivity contribution is -0.00525. The molecule has 6 nitrogen and oxygen atoms in total. The van der Waals surface area contributed by atoms with E-state index in [9.17, 15) is 0 Å². The molecule has 0 spiro atoms. The van der Waals surface area contributed by atoms with E-state index in [2.05, 4.69) is 53.4 Å². The molecule has 3 rings (SSSR count). The molecule has 25 heavy (non-hydrogen) atoms. The van der Waals surface area contributed by atoms with E-state index in [1.54, 1.807) is 7.11 Å². The molecule has 1 N–H and O–H groups in total. The fraction of sp³-hybridized carbons (Fsp3) is 0.526. The highest BCUT2D eigenvalue weighted by Crippen LogP contribution is 2.25. The first-order valence-corrected chi connectivity index (χ1v) is 8.89. The lowest BCUT2D eigenvalue weighted by Gasteiger charge is -2.37. The second-order valence-electron chi connectivity index (χ2n) is 6.63. The van der Waals surface area contributed by atoms with Gasteiger partial charge in [-0.1, -0.05) is 18.2 Å². The molecule has 0 saturated carbocycles. The van der Waals surface area contributed by atoms with E-state index in [4.69, 9.17) is 9.47 Å². The van der Waals surface area contributed by atoms with Gasteiger partial charge in [-0.05, 0) is 25.5 Å². The average molecular weight is 344 g/mol. The summed E-state index contributed by atoms with van der Waals surface area (Å²) in [5.41, 5.74) is 3.59. The number of morpholine rings is 1. The summed E-state index contributed by atoms with van der Waals surface area (Å²) >= 11 is 0. The third kappa shape index (κ3) is 4.74. The number of methoxy groups -OCH3 is 1. The number of para-hydroxylation sites is 1. The van der Waals surface area contributed by atoms with Crippen LogP contribution in [0.4, 0.5) is 11.4 Å². The summed E-state index contributed by atoms with van der Waals surface area (Å²) in [6.45, 7) is 8.32. The molecule has 2 heterocycles. The molecular weight excluding hydrogens is 316 g/mol. The Morgan fingerprint density at radius 1 is 1.24 bits per heavy atom. The van der Waals surface area contributed by atoms with Gasteiger partial charge in [0, 0.05) is 38.6 Å². The normalized spacial score (nSPS) is 20.7. The molecule has 0 amide bonds. The minimum absolute atomic E-state index is 0.254. The topological polar surface area (TPSA) is 51.5 Å². The van der Waals surface area contributed by atoms with Gasteiger partial charge in [0.15, 0.2) is 0 Å². The SMILES string of the molecule is COCCn1cc(NCc2ccccc2N2CC(C)OC(C)C2)cn1. The Morgan fingerprint density at radius 2 is 2.00 bits per heavy atom. The second kappa shape index (κ2) is 8.36. The fourth-order valence-electron chi connectivity index (χ4n) is 3.30. The van der Waals surface area contributed by atoms with Crippen LogP contribution in [0.1, 0.15) is 19.4 Å². The van der Waals surface area contributed by atoms with E-state index in [0.29, 0.717) is 6.61 Å². The molecule has 1 aromatic carbocycles. The van der Waals surface area contributed by atoms with Gasteiger partial charge in [-0.15, -0.1) is 0 Å². The third-order valence-corrected chi connectivity index (χ3v) is 4.39. The van der Waals surface area contributed by atoms with E-state index < -0.39 is 0 Å². The van der Waals surface area contributed by atoms with Crippen molar-refractivity contribution in [2.45, 2.75) is 39.1 Å². The molecule has 1 saturated heterocycles. The van der Waals surface area contributed by atoms with E-state index in [0.717, 1.165) is 31.9 Å². The highest BCUT2D eigenvalue weighted by Gasteiger charge is 2.23. The molecule has 2 atom stereocenters. The zero-order valence-corrected chi connectivity index (χ0v) is 15.3. The smallest absolute Gasteiger partial charge is 0.0729 e. The van der Waals surface area contributed by atoms with Crippen molar-refractivity contribution in [3.8, 4) is 0 Å². The van der Waals surface area contributed by atoms with Crippen LogP contribution in [0.3, 0.4) is 0 Å². The van der Waals surface area contributed by atoms with Crippen LogP contribution in [0.2, 0.25) is 0 Å². The van der Waals surface area contributed by atoms with Crippen molar-refractivity contribution in [2.24, 2.45) is 0 Å². The standard InChI is InChI=1S/C19H28N4O2/c1-15-12-22(13-16(2)25-15)19-7-5-4-6-17(19)10-20-18-11-21-23(14-18)8-9-24-3/h4-7,11,14-16,20H,8-10,12-13H2,1-3H3. The average Bonchev–Trinajstić information content (AvgIpc) is 3.05. The highest BCUT2D eigenvalue weighted by atomic mass is 16.5. The monoisotopic (exact) mass is 344 g/mol. The number of ether oxygens (including phenoxy) is 2. The number of benzene rings is 1. The summed E-state index contributed by atoms with van der Waals surface area (Å²) in [5, 5.41) is 7.82. The molecule has 1 aliphatic rings. The van der Waals surface area contributed by atoms with E-state index in [1.807, 2.05) is 17.1 Å². The van der Waals surface area contributed by atoms with Crippen molar-refractivity contribution in [1.82, 2.24) is 9.78 Å². The van der Waals surface area contributed by atoms with Crippen molar-refractivity contribution in [3.05, 3.63) is 42.2 Å². The first kappa shape index (κ1) is 17.8. The molecule has 2 aromatic rings. The van der Waals surface area contributed by atoms with Crippen LogP contribution in [0.15, 0.2) is 36.7 Å². The Hall–Kier alpha value is -2.05. The summed E-state index contributed by atoms with van der Waals surface area (Å²) in [5.74, 6) is 0. The Morgan fingerprint density at radius 3 is 2.76 bits per heavy atom. The van der Waals surface area contributed by atoms with Crippen LogP contribution in [0.5, 0.6) is 0 Å². The van der Waals surface area contributed by atoms with Gasteiger partial charge in [0.1, 0.15) is 0 Å². The Bertz CT molecular complexity index is 663. The number of nitrogens with one attached hydrogen (secondary N) is 1. The minimum Gasteiger partial charge on any atom is -0.383 e. The van der Waals surface area contributed by atoms with Crippen LogP contribution in [-0.2, 0) is 22.6 Å². The number of rotatable bonds is 7. The van der Waals surface area contributed by atoms with Crippen LogP contribution in [0.25, 0.3) is 0 Å². The van der Waals surface area contributed by atoms with Gasteiger partial charge >= 0.3 is 0 Å². The van der Waals surface area contributed by atoms with Gasteiger partial charge in [0.25, 0.3) is 0 Å². The molecule has 2 unspecified atom stereocenters. The van der Waals surface area contributed by atoms with Gasteiger partial charge in [0.05, 0.1) is 37.2 Å². The van der Waals surface area contributed by atoms with Gasteiger partial charge in [0.2, 0.25) is 0 Å². The molecule has 1 fully saturated rings. The molecule has 1 aliphatic heterocycles. The van der Waals surface area contributed by atoms with Crippen LogP contribution in [-0.4, -0.2) is 48.8 Å². The van der Waals surface area contributed by atoms with Crippen molar-refractivity contribution in [1.29, 1.82) is 0 Å². The quantitative estimate of drug-likeness (QED) is 0.837. The summed E-state index contributed by atoms with van der Waals surface area (Å²) in [4.78, 5) is 2.43. The largest absolute Gasteiger partial charge is 0.383 e. The van der Waals surface area contributed by atoms with Gasteiger partial charge in [-0.25, -0.2) is 0 Å². The van der Waals surface area contributed by atoms with Crippen molar-refractivity contribution < 1.29 is 9.47 Å². The molecule has 0 bridgehead atoms. The number of hydrogen-bond acceptors (Lipinski definition) is 5. The predicted octanol–water partition coefficient (Wildman–Crippen LogP) is 2.76. The van der Waals surface area contributed by atoms with Crippen LogP contribution in [0, 0.1) is 0 Å². The summed E-state index contributed by atoms with van der Waals surface area (Å²) in [7, 11) is 1.70. The maximum absolute atomic E-state index is 5.86. The van der Waals surface area contributed by atoms with Gasteiger partial charge < -0.3 is 19.7 Å². The molecule has 1 aromatic heterocycles. The summed E-state index contributed by atoms with van der Waals surface area (Å²) in [6.07, 6.45) is 4.38.